The van der Waals surface area contributed by atoms with Gasteiger partial charge < -0.3 is 9.84 Å². The molecule has 1 N–H and O–H groups in total. The normalized spacial score (nSPS) is 19.7. The van der Waals surface area contributed by atoms with Crippen LogP contribution < -0.4 is 0 Å². The number of carbonyl (C=O) groups is 1. The topological polar surface area (TPSA) is 46.5 Å². The van der Waals surface area contributed by atoms with Crippen LogP contribution >= 0.6 is 0 Å². The highest BCUT2D eigenvalue weighted by molar-refractivity contribution is 5.66. The van der Waals surface area contributed by atoms with Crippen LogP contribution in [0.2, 0.25) is 0 Å². The van der Waals surface area contributed by atoms with Gasteiger partial charge in [0, 0.05) is 13.5 Å². The van der Waals surface area contributed by atoms with Crippen LogP contribution in [0, 0.1) is 5.92 Å². The molecule has 11 heavy (non-hydrogen) atoms. The highest BCUT2D eigenvalue weighted by atomic mass is 16.5. The van der Waals surface area contributed by atoms with Gasteiger partial charge in [-0.15, -0.1) is 0 Å². The van der Waals surface area contributed by atoms with Crippen LogP contribution in [0.25, 0.3) is 0 Å². The Morgan fingerprint density at radius 1 is 1.73 bits per heavy atom. The molecule has 0 aromatic rings. The summed E-state index contributed by atoms with van der Waals surface area (Å²) in [4.78, 5) is 10.2. The molecule has 0 radical (unpaired) electrons. The highest BCUT2D eigenvalue weighted by Gasteiger charge is 2.31. The molecule has 0 aromatic heterocycles. The number of carboxylic acids is 1. The summed E-state index contributed by atoms with van der Waals surface area (Å²) < 4.78 is 5.16. The van der Waals surface area contributed by atoms with E-state index in [1.165, 1.54) is 12.8 Å². The van der Waals surface area contributed by atoms with Crippen LogP contribution in [-0.4, -0.2) is 24.3 Å². The van der Waals surface area contributed by atoms with E-state index < -0.39 is 5.97 Å². The first kappa shape index (κ1) is 8.53. The van der Waals surface area contributed by atoms with E-state index in [-0.39, 0.29) is 12.5 Å². The second kappa shape index (κ2) is 3.72. The van der Waals surface area contributed by atoms with Crippen molar-refractivity contribution in [2.24, 2.45) is 5.92 Å². The number of carboxylic acid groups (broad SMARTS) is 1. The lowest BCUT2D eigenvalue weighted by Crippen LogP contribution is -2.14. The molecule has 3 nitrogen and oxygen atoms in total. The Morgan fingerprint density at radius 2 is 2.36 bits per heavy atom. The third-order valence-corrected chi connectivity index (χ3v) is 2.09. The Labute approximate surface area is 66.4 Å². The molecule has 64 valence electrons. The molecule has 0 bridgehead atoms. The Hall–Kier alpha value is -0.570. The SMILES string of the molecule is COC(CCC(=O)O)C1CC1. The zero-order valence-electron chi connectivity index (χ0n) is 6.75. The fourth-order valence-corrected chi connectivity index (χ4v) is 1.28. The molecule has 1 atom stereocenters. The summed E-state index contributed by atoms with van der Waals surface area (Å²) in [7, 11) is 1.66. The minimum absolute atomic E-state index is 0.186. The van der Waals surface area contributed by atoms with Crippen LogP contribution in [0.5, 0.6) is 0 Å². The van der Waals surface area contributed by atoms with Crippen LogP contribution in [0.1, 0.15) is 25.7 Å². The van der Waals surface area contributed by atoms with E-state index in [0.29, 0.717) is 12.3 Å². The monoisotopic (exact) mass is 158 g/mol. The summed E-state index contributed by atoms with van der Waals surface area (Å²) in [6.07, 6.45) is 3.49. The molecule has 1 aliphatic carbocycles. The van der Waals surface area contributed by atoms with E-state index in [1.807, 2.05) is 0 Å². The molecular formula is C8H14O3. The molecule has 1 unspecified atom stereocenters. The lowest BCUT2D eigenvalue weighted by atomic mass is 10.1. The molecule has 0 amide bonds. The van der Waals surface area contributed by atoms with E-state index in [1.54, 1.807) is 7.11 Å². The number of aliphatic carboxylic acids is 1. The van der Waals surface area contributed by atoms with Gasteiger partial charge >= 0.3 is 5.97 Å². The average Bonchev–Trinajstić information content (AvgIpc) is 2.72. The third-order valence-electron chi connectivity index (χ3n) is 2.09. The number of ether oxygens (including phenoxy) is 1. The van der Waals surface area contributed by atoms with Gasteiger partial charge in [0.05, 0.1) is 6.10 Å². The number of hydrogen-bond acceptors (Lipinski definition) is 2. The van der Waals surface area contributed by atoms with Gasteiger partial charge in [0.2, 0.25) is 0 Å². The Kier molecular flexibility index (Phi) is 2.88. The second-order valence-electron chi connectivity index (χ2n) is 3.04. The molecule has 0 spiro atoms. The number of methoxy groups -OCH3 is 1. The van der Waals surface area contributed by atoms with Gasteiger partial charge in [0.15, 0.2) is 0 Å². The fourth-order valence-electron chi connectivity index (χ4n) is 1.28. The minimum Gasteiger partial charge on any atom is -0.481 e. The third kappa shape index (κ3) is 2.89. The fraction of sp³-hybridized carbons (Fsp3) is 0.875. The second-order valence-corrected chi connectivity index (χ2v) is 3.04. The van der Waals surface area contributed by atoms with E-state index in [4.69, 9.17) is 9.84 Å². The molecule has 1 fully saturated rings. The first-order valence-electron chi connectivity index (χ1n) is 3.98. The van der Waals surface area contributed by atoms with Gasteiger partial charge in [-0.05, 0) is 25.2 Å². The lowest BCUT2D eigenvalue weighted by molar-refractivity contribution is -0.137. The van der Waals surface area contributed by atoms with E-state index in [2.05, 4.69) is 0 Å². The van der Waals surface area contributed by atoms with Gasteiger partial charge in [-0.1, -0.05) is 0 Å². The van der Waals surface area contributed by atoms with Crippen LogP contribution in [0.15, 0.2) is 0 Å². The van der Waals surface area contributed by atoms with Crippen LogP contribution in [-0.2, 0) is 9.53 Å². The largest absolute Gasteiger partial charge is 0.481 e. The lowest BCUT2D eigenvalue weighted by Gasteiger charge is -2.11. The Balaban J connectivity index is 2.15. The van der Waals surface area contributed by atoms with Crippen molar-refractivity contribution >= 4 is 5.97 Å². The zero-order chi connectivity index (χ0) is 8.27. The standard InChI is InChI=1S/C8H14O3/c1-11-7(6-2-3-6)4-5-8(9)10/h6-7H,2-5H2,1H3,(H,9,10). The summed E-state index contributed by atoms with van der Waals surface area (Å²) in [5.41, 5.74) is 0. The number of rotatable bonds is 5. The van der Waals surface area contributed by atoms with Crippen molar-refractivity contribution in [1.82, 2.24) is 0 Å². The maximum absolute atomic E-state index is 10.2. The van der Waals surface area contributed by atoms with Gasteiger partial charge in [-0.25, -0.2) is 0 Å². The van der Waals surface area contributed by atoms with Gasteiger partial charge in [-0.2, -0.15) is 0 Å². The maximum atomic E-state index is 10.2. The molecule has 0 heterocycles. The molecule has 1 saturated carbocycles. The summed E-state index contributed by atoms with van der Waals surface area (Å²) in [6, 6.07) is 0. The molecule has 0 aliphatic heterocycles. The Morgan fingerprint density at radius 3 is 2.73 bits per heavy atom. The van der Waals surface area contributed by atoms with Gasteiger partial charge in [-0.3, -0.25) is 4.79 Å². The summed E-state index contributed by atoms with van der Waals surface area (Å²) >= 11 is 0. The van der Waals surface area contributed by atoms with Crippen molar-refractivity contribution in [3.8, 4) is 0 Å². The van der Waals surface area contributed by atoms with Crippen molar-refractivity contribution in [2.75, 3.05) is 7.11 Å². The average molecular weight is 158 g/mol. The first-order chi connectivity index (χ1) is 5.24. The predicted octanol–water partition coefficient (Wildman–Crippen LogP) is 1.28. The molecule has 1 rings (SSSR count). The van der Waals surface area contributed by atoms with E-state index in [0.717, 1.165) is 0 Å². The summed E-state index contributed by atoms with van der Waals surface area (Å²) in [6.45, 7) is 0. The summed E-state index contributed by atoms with van der Waals surface area (Å²) in [5, 5.41) is 8.40. The van der Waals surface area contributed by atoms with Gasteiger partial charge in [0.1, 0.15) is 0 Å². The Bertz CT molecular complexity index is 140. The molecular weight excluding hydrogens is 144 g/mol. The molecule has 0 aromatic carbocycles. The van der Waals surface area contributed by atoms with Crippen molar-refractivity contribution < 1.29 is 14.6 Å². The molecule has 3 heteroatoms. The van der Waals surface area contributed by atoms with Crippen molar-refractivity contribution in [2.45, 2.75) is 31.8 Å². The van der Waals surface area contributed by atoms with Crippen LogP contribution in [0.4, 0.5) is 0 Å². The van der Waals surface area contributed by atoms with E-state index >= 15 is 0 Å². The predicted molar refractivity (Wildman–Crippen MR) is 40.4 cm³/mol. The van der Waals surface area contributed by atoms with E-state index in [9.17, 15) is 4.79 Å². The maximum Gasteiger partial charge on any atom is 0.303 e. The van der Waals surface area contributed by atoms with Gasteiger partial charge in [0.25, 0.3) is 0 Å². The van der Waals surface area contributed by atoms with Crippen molar-refractivity contribution in [3.05, 3.63) is 0 Å². The van der Waals surface area contributed by atoms with Crippen LogP contribution in [0.3, 0.4) is 0 Å². The molecule has 1 aliphatic rings. The highest BCUT2D eigenvalue weighted by Crippen LogP contribution is 2.35. The molecule has 0 saturated heterocycles. The first-order valence-corrected chi connectivity index (χ1v) is 3.98. The number of hydrogen-bond donors (Lipinski definition) is 1. The van der Waals surface area contributed by atoms with Crippen molar-refractivity contribution in [3.63, 3.8) is 0 Å². The minimum atomic E-state index is -0.729. The quantitative estimate of drug-likeness (QED) is 0.655. The summed E-state index contributed by atoms with van der Waals surface area (Å²) in [5.74, 6) is -0.0907. The zero-order valence-corrected chi connectivity index (χ0v) is 6.75. The smallest absolute Gasteiger partial charge is 0.303 e. The van der Waals surface area contributed by atoms with Crippen molar-refractivity contribution in [1.29, 1.82) is 0 Å².